The second kappa shape index (κ2) is 7.77. The molecule has 2 aromatic rings. The Kier molecular flexibility index (Phi) is 5.61. The summed E-state index contributed by atoms with van der Waals surface area (Å²) >= 11 is 1.07. The van der Waals surface area contributed by atoms with Crippen molar-refractivity contribution in [3.8, 4) is 0 Å². The Morgan fingerprint density at radius 2 is 2.11 bits per heavy atom. The SMILES string of the molecule is CCOC(=O)c1c(NC(=O)Cc2cccc(F)c2)sc2c1CCS(=O)(=O)C2. The summed E-state index contributed by atoms with van der Waals surface area (Å²) < 4.78 is 42.1. The molecule has 0 spiro atoms. The second-order valence-electron chi connectivity index (χ2n) is 6.13. The van der Waals surface area contributed by atoms with Crippen LogP contribution in [0.25, 0.3) is 0 Å². The molecule has 6 nitrogen and oxygen atoms in total. The van der Waals surface area contributed by atoms with E-state index in [1.807, 2.05) is 0 Å². The van der Waals surface area contributed by atoms with Crippen molar-refractivity contribution in [3.63, 3.8) is 0 Å². The molecule has 1 aliphatic rings. The molecule has 9 heteroatoms. The minimum atomic E-state index is -3.22. The van der Waals surface area contributed by atoms with E-state index in [0.717, 1.165) is 11.3 Å². The Morgan fingerprint density at radius 3 is 2.81 bits per heavy atom. The number of carbonyl (C=O) groups is 2. The monoisotopic (exact) mass is 411 g/mol. The molecule has 1 amide bonds. The highest BCUT2D eigenvalue weighted by Gasteiger charge is 2.32. The van der Waals surface area contributed by atoms with Crippen molar-refractivity contribution in [2.75, 3.05) is 17.7 Å². The van der Waals surface area contributed by atoms with Crippen LogP contribution < -0.4 is 5.32 Å². The number of hydrogen-bond acceptors (Lipinski definition) is 6. The molecular weight excluding hydrogens is 393 g/mol. The van der Waals surface area contributed by atoms with Gasteiger partial charge in [0.15, 0.2) is 9.84 Å². The molecule has 0 atom stereocenters. The fourth-order valence-corrected chi connectivity index (χ4v) is 5.99. The van der Waals surface area contributed by atoms with E-state index in [9.17, 15) is 22.4 Å². The van der Waals surface area contributed by atoms with Gasteiger partial charge in [-0.15, -0.1) is 11.3 Å². The standard InChI is InChI=1S/C18H18FNO5S2/c1-2-25-18(22)16-13-6-7-27(23,24)10-14(13)26-17(16)20-15(21)9-11-4-3-5-12(19)8-11/h3-5,8H,2,6-7,9-10H2,1H3,(H,20,21). The van der Waals surface area contributed by atoms with Gasteiger partial charge in [0.2, 0.25) is 5.91 Å². The average Bonchev–Trinajstić information content (AvgIpc) is 2.90. The highest BCUT2D eigenvalue weighted by molar-refractivity contribution is 7.90. The molecule has 0 aliphatic carbocycles. The lowest BCUT2D eigenvalue weighted by Gasteiger charge is -2.13. The van der Waals surface area contributed by atoms with Crippen molar-refractivity contribution >= 4 is 38.1 Å². The first-order valence-corrected chi connectivity index (χ1v) is 11.0. The van der Waals surface area contributed by atoms with E-state index in [2.05, 4.69) is 5.32 Å². The van der Waals surface area contributed by atoms with Crippen molar-refractivity contribution in [1.29, 1.82) is 0 Å². The molecule has 144 valence electrons. The molecule has 0 bridgehead atoms. The minimum absolute atomic E-state index is 0.0418. The highest BCUT2D eigenvalue weighted by Crippen LogP contribution is 2.38. The van der Waals surface area contributed by atoms with Crippen LogP contribution in [0.4, 0.5) is 9.39 Å². The number of esters is 1. The van der Waals surface area contributed by atoms with Crippen LogP contribution in [0.5, 0.6) is 0 Å². The van der Waals surface area contributed by atoms with Crippen LogP contribution in [0.3, 0.4) is 0 Å². The average molecular weight is 411 g/mol. The zero-order valence-electron chi connectivity index (χ0n) is 14.6. The van der Waals surface area contributed by atoms with Crippen LogP contribution in [0, 0.1) is 5.82 Å². The van der Waals surface area contributed by atoms with Gasteiger partial charge in [0.05, 0.1) is 30.1 Å². The quantitative estimate of drug-likeness (QED) is 0.764. The van der Waals surface area contributed by atoms with Crippen LogP contribution in [-0.4, -0.2) is 32.7 Å². The van der Waals surface area contributed by atoms with Crippen molar-refractivity contribution in [3.05, 3.63) is 51.7 Å². The summed E-state index contributed by atoms with van der Waals surface area (Å²) in [6.45, 7) is 1.84. The molecule has 1 aromatic carbocycles. The number of hydrogen-bond donors (Lipinski definition) is 1. The zero-order valence-corrected chi connectivity index (χ0v) is 16.2. The van der Waals surface area contributed by atoms with Crippen LogP contribution in [0.2, 0.25) is 0 Å². The van der Waals surface area contributed by atoms with Gasteiger partial charge in [0, 0.05) is 4.88 Å². The smallest absolute Gasteiger partial charge is 0.341 e. The molecule has 0 unspecified atom stereocenters. The summed E-state index contributed by atoms with van der Waals surface area (Å²) in [4.78, 5) is 25.3. The van der Waals surface area contributed by atoms with Crippen LogP contribution in [0.15, 0.2) is 24.3 Å². The third-order valence-corrected chi connectivity index (χ3v) is 6.98. The molecule has 0 saturated carbocycles. The fraction of sp³-hybridized carbons (Fsp3) is 0.333. The normalized spacial score (nSPS) is 15.0. The molecule has 0 radical (unpaired) electrons. The maximum Gasteiger partial charge on any atom is 0.341 e. The number of anilines is 1. The predicted molar refractivity (Wildman–Crippen MR) is 100 cm³/mol. The number of amides is 1. The zero-order chi connectivity index (χ0) is 19.6. The topological polar surface area (TPSA) is 89.5 Å². The van der Waals surface area contributed by atoms with Gasteiger partial charge in [-0.25, -0.2) is 17.6 Å². The van der Waals surface area contributed by atoms with E-state index >= 15 is 0 Å². The Hall–Kier alpha value is -2.26. The number of halogens is 1. The largest absolute Gasteiger partial charge is 0.462 e. The summed E-state index contributed by atoms with van der Waals surface area (Å²) in [6.07, 6.45) is 0.142. The summed E-state index contributed by atoms with van der Waals surface area (Å²) in [6, 6.07) is 5.68. The van der Waals surface area contributed by atoms with E-state index in [1.54, 1.807) is 13.0 Å². The van der Waals surface area contributed by atoms with E-state index in [1.165, 1.54) is 18.2 Å². The maximum absolute atomic E-state index is 13.3. The first-order chi connectivity index (χ1) is 12.8. The third-order valence-electron chi connectivity index (χ3n) is 4.09. The van der Waals surface area contributed by atoms with E-state index in [-0.39, 0.29) is 41.5 Å². The molecule has 0 saturated heterocycles. The fourth-order valence-electron chi connectivity index (χ4n) is 2.93. The first kappa shape index (κ1) is 19.5. The molecule has 1 aliphatic heterocycles. The summed E-state index contributed by atoms with van der Waals surface area (Å²) in [5, 5.41) is 2.94. The van der Waals surface area contributed by atoms with Crippen LogP contribution >= 0.6 is 11.3 Å². The van der Waals surface area contributed by atoms with Gasteiger partial charge in [0.25, 0.3) is 0 Å². The number of sulfone groups is 1. The van der Waals surface area contributed by atoms with Gasteiger partial charge in [0.1, 0.15) is 10.8 Å². The molecular formula is C18H18FNO5S2. The number of fused-ring (bicyclic) bond motifs is 1. The van der Waals surface area contributed by atoms with E-state index in [4.69, 9.17) is 4.74 Å². The number of nitrogens with one attached hydrogen (secondary N) is 1. The van der Waals surface area contributed by atoms with Gasteiger partial charge in [-0.05, 0) is 36.6 Å². The molecule has 27 heavy (non-hydrogen) atoms. The number of thiophene rings is 1. The molecule has 3 rings (SSSR count). The lowest BCUT2D eigenvalue weighted by Crippen LogP contribution is -2.20. The van der Waals surface area contributed by atoms with Crippen molar-refractivity contribution < 1.29 is 27.1 Å². The van der Waals surface area contributed by atoms with Crippen molar-refractivity contribution in [2.45, 2.75) is 25.5 Å². The van der Waals surface area contributed by atoms with Gasteiger partial charge < -0.3 is 10.1 Å². The lowest BCUT2D eigenvalue weighted by atomic mass is 10.1. The summed E-state index contributed by atoms with van der Waals surface area (Å²) in [5.41, 5.74) is 1.34. The lowest BCUT2D eigenvalue weighted by molar-refractivity contribution is -0.115. The Bertz CT molecular complexity index is 997. The third kappa shape index (κ3) is 4.54. The summed E-state index contributed by atoms with van der Waals surface area (Å²) in [5.74, 6) is -1.65. The molecule has 0 fully saturated rings. The summed E-state index contributed by atoms with van der Waals surface area (Å²) in [7, 11) is -3.22. The Morgan fingerprint density at radius 1 is 1.33 bits per heavy atom. The molecule has 1 aromatic heterocycles. The minimum Gasteiger partial charge on any atom is -0.462 e. The number of ether oxygens (including phenoxy) is 1. The highest BCUT2D eigenvalue weighted by atomic mass is 32.2. The molecule has 2 heterocycles. The maximum atomic E-state index is 13.3. The molecule has 1 N–H and O–H groups in total. The number of benzene rings is 1. The van der Waals surface area contributed by atoms with Crippen molar-refractivity contribution in [2.24, 2.45) is 0 Å². The Balaban J connectivity index is 1.88. The van der Waals surface area contributed by atoms with Gasteiger partial charge in [-0.1, -0.05) is 12.1 Å². The second-order valence-corrected chi connectivity index (χ2v) is 9.41. The number of rotatable bonds is 5. The Labute approximate surface area is 160 Å². The predicted octanol–water partition coefficient (Wildman–Crippen LogP) is 2.72. The van der Waals surface area contributed by atoms with E-state index < -0.39 is 27.5 Å². The van der Waals surface area contributed by atoms with Gasteiger partial charge in [-0.2, -0.15) is 0 Å². The van der Waals surface area contributed by atoms with E-state index in [0.29, 0.717) is 16.0 Å². The van der Waals surface area contributed by atoms with Gasteiger partial charge in [-0.3, -0.25) is 4.79 Å². The van der Waals surface area contributed by atoms with Crippen LogP contribution in [-0.2, 0) is 38.0 Å². The number of carbonyl (C=O) groups excluding carboxylic acids is 2. The van der Waals surface area contributed by atoms with Gasteiger partial charge >= 0.3 is 5.97 Å². The van der Waals surface area contributed by atoms with Crippen LogP contribution in [0.1, 0.15) is 33.3 Å². The van der Waals surface area contributed by atoms with Crippen molar-refractivity contribution in [1.82, 2.24) is 0 Å². The first-order valence-electron chi connectivity index (χ1n) is 8.35.